The van der Waals surface area contributed by atoms with Crippen LogP contribution < -0.4 is 5.11 Å². The fourth-order valence-electron chi connectivity index (χ4n) is 2.20. The summed E-state index contributed by atoms with van der Waals surface area (Å²) >= 11 is 6.04. The molecule has 3 rings (SSSR count). The molecule has 5 heteroatoms. The van der Waals surface area contributed by atoms with Gasteiger partial charge in [0.1, 0.15) is 5.15 Å². The third-order valence-electron chi connectivity index (χ3n) is 3.16. The molecule has 0 bridgehead atoms. The minimum absolute atomic E-state index is 0.0834. The molecule has 0 amide bonds. The van der Waals surface area contributed by atoms with Crippen LogP contribution in [0.15, 0.2) is 53.8 Å². The topological polar surface area (TPSA) is 51.3 Å². The first-order chi connectivity index (χ1) is 9.74. The van der Waals surface area contributed by atoms with Gasteiger partial charge in [0.05, 0.1) is 12.0 Å². The fraction of sp³-hybridized carbons (Fsp3) is 0.133. The lowest BCUT2D eigenvalue weighted by atomic mass is 10.1. The average Bonchev–Trinajstić information content (AvgIpc) is 2.83. The zero-order valence-electron chi connectivity index (χ0n) is 10.6. The summed E-state index contributed by atoms with van der Waals surface area (Å²) < 4.78 is 1.67. The molecule has 0 fully saturated rings. The van der Waals surface area contributed by atoms with Crippen molar-refractivity contribution in [2.24, 2.45) is 5.10 Å². The Kier molecular flexibility index (Phi) is 3.48. The summed E-state index contributed by atoms with van der Waals surface area (Å²) in [7, 11) is 0. The van der Waals surface area contributed by atoms with E-state index in [4.69, 9.17) is 11.6 Å². The van der Waals surface area contributed by atoms with Crippen LogP contribution in [0.25, 0.3) is 0 Å². The minimum atomic E-state index is -0.130. The second-order valence-corrected chi connectivity index (χ2v) is 4.87. The van der Waals surface area contributed by atoms with Gasteiger partial charge in [0.2, 0.25) is 12.3 Å². The van der Waals surface area contributed by atoms with Gasteiger partial charge < -0.3 is 5.11 Å². The molecule has 2 heterocycles. The van der Waals surface area contributed by atoms with Crippen LogP contribution in [0.5, 0.6) is 0 Å². The Morgan fingerprint density at radius 3 is 2.75 bits per heavy atom. The van der Waals surface area contributed by atoms with Crippen LogP contribution in [0, 0.1) is 0 Å². The van der Waals surface area contributed by atoms with Gasteiger partial charge in [0.25, 0.3) is 0 Å². The van der Waals surface area contributed by atoms with Crippen molar-refractivity contribution in [1.82, 2.24) is 4.98 Å². The van der Waals surface area contributed by atoms with Gasteiger partial charge >= 0.3 is 0 Å². The molecule has 1 aromatic carbocycles. The number of halogens is 1. The summed E-state index contributed by atoms with van der Waals surface area (Å²) in [5.41, 5.74) is 1.80. The van der Waals surface area contributed by atoms with Crippen LogP contribution in [0.4, 0.5) is 0 Å². The predicted octanol–water partition coefficient (Wildman–Crippen LogP) is 1.99. The molecule has 0 radical (unpaired) electrons. The van der Waals surface area contributed by atoms with Gasteiger partial charge in [-0.25, -0.2) is 4.98 Å². The zero-order valence-corrected chi connectivity index (χ0v) is 11.4. The monoisotopic (exact) mass is 285 g/mol. The van der Waals surface area contributed by atoms with E-state index in [1.165, 1.54) is 0 Å². The van der Waals surface area contributed by atoms with Gasteiger partial charge in [0.15, 0.2) is 0 Å². The highest BCUT2D eigenvalue weighted by Crippen LogP contribution is 2.25. The average molecular weight is 286 g/mol. The number of hydrogen-bond donors (Lipinski definition) is 0. The number of rotatable bonds is 2. The van der Waals surface area contributed by atoms with E-state index in [-0.39, 0.29) is 11.9 Å². The van der Waals surface area contributed by atoms with Crippen LogP contribution in [0.3, 0.4) is 0 Å². The number of hydrogen-bond acceptors (Lipinski definition) is 3. The van der Waals surface area contributed by atoms with Crippen molar-refractivity contribution in [1.29, 1.82) is 0 Å². The van der Waals surface area contributed by atoms with Crippen molar-refractivity contribution < 1.29 is 9.79 Å². The first kappa shape index (κ1) is 12.8. The van der Waals surface area contributed by atoms with Gasteiger partial charge in [-0.2, -0.15) is 0 Å². The predicted molar refractivity (Wildman–Crippen MR) is 75.9 cm³/mol. The smallest absolute Gasteiger partial charge is 0.213 e. The van der Waals surface area contributed by atoms with Crippen molar-refractivity contribution >= 4 is 23.7 Å². The Balaban J connectivity index is 2.00. The first-order valence-electron chi connectivity index (χ1n) is 6.27. The molecule has 0 aliphatic carbocycles. The van der Waals surface area contributed by atoms with Crippen molar-refractivity contribution in [3.05, 3.63) is 64.9 Å². The third-order valence-corrected chi connectivity index (χ3v) is 3.47. The zero-order chi connectivity index (χ0) is 13.9. The van der Waals surface area contributed by atoms with Crippen molar-refractivity contribution in [3.63, 3.8) is 0 Å². The normalized spacial score (nSPS) is 20.1. The van der Waals surface area contributed by atoms with Crippen LogP contribution in [0.2, 0.25) is 5.15 Å². The molecule has 1 aliphatic rings. The highest BCUT2D eigenvalue weighted by atomic mass is 35.5. The van der Waals surface area contributed by atoms with E-state index in [9.17, 15) is 5.11 Å². The largest absolute Gasteiger partial charge is 0.857 e. The molecule has 0 saturated heterocycles. The SMILES string of the molecule is [O-]C1=N/[N+](=C\c2cccnc2Cl)C(c2ccccc2)C1. The number of pyridine rings is 1. The molecule has 1 aliphatic heterocycles. The lowest BCUT2D eigenvalue weighted by molar-refractivity contribution is -0.563. The number of nitrogens with zero attached hydrogens (tertiary/aromatic N) is 3. The highest BCUT2D eigenvalue weighted by Gasteiger charge is 2.29. The van der Waals surface area contributed by atoms with Gasteiger partial charge in [-0.05, 0) is 17.2 Å². The maximum Gasteiger partial charge on any atom is 0.213 e. The van der Waals surface area contributed by atoms with Crippen molar-refractivity contribution in [2.75, 3.05) is 0 Å². The van der Waals surface area contributed by atoms with E-state index in [2.05, 4.69) is 10.1 Å². The molecule has 0 saturated carbocycles. The number of aromatic nitrogens is 1. The van der Waals surface area contributed by atoms with Crippen LogP contribution >= 0.6 is 11.6 Å². The van der Waals surface area contributed by atoms with Crippen LogP contribution in [0.1, 0.15) is 23.6 Å². The molecular weight excluding hydrogens is 274 g/mol. The Hall–Kier alpha value is -2.20. The molecule has 0 N–H and O–H groups in total. The van der Waals surface area contributed by atoms with Gasteiger partial charge in [-0.3, -0.25) is 0 Å². The molecule has 1 aromatic heterocycles. The fourth-order valence-corrected chi connectivity index (χ4v) is 2.37. The lowest BCUT2D eigenvalue weighted by Gasteiger charge is -2.06. The Morgan fingerprint density at radius 1 is 1.20 bits per heavy atom. The van der Waals surface area contributed by atoms with E-state index < -0.39 is 0 Å². The molecule has 4 nitrogen and oxygen atoms in total. The van der Waals surface area contributed by atoms with E-state index in [1.54, 1.807) is 23.2 Å². The quantitative estimate of drug-likeness (QED) is 0.626. The molecule has 100 valence electrons. The number of hydrazone groups is 1. The minimum Gasteiger partial charge on any atom is -0.857 e. The second kappa shape index (κ2) is 5.43. The van der Waals surface area contributed by atoms with E-state index in [0.717, 1.165) is 11.1 Å². The summed E-state index contributed by atoms with van der Waals surface area (Å²) in [6, 6.07) is 13.4. The maximum atomic E-state index is 11.6. The van der Waals surface area contributed by atoms with Gasteiger partial charge in [-0.1, -0.05) is 46.6 Å². The molecule has 0 spiro atoms. The third kappa shape index (κ3) is 2.56. The Labute approximate surface area is 121 Å². The summed E-state index contributed by atoms with van der Waals surface area (Å²) in [5, 5.41) is 16.1. The van der Waals surface area contributed by atoms with E-state index in [1.807, 2.05) is 36.4 Å². The lowest BCUT2D eigenvalue weighted by Crippen LogP contribution is -2.15. The Bertz CT molecular complexity index is 683. The van der Waals surface area contributed by atoms with Gasteiger partial charge in [0, 0.05) is 17.7 Å². The van der Waals surface area contributed by atoms with Crippen molar-refractivity contribution in [3.8, 4) is 0 Å². The Morgan fingerprint density at radius 2 is 2.00 bits per heavy atom. The first-order valence-corrected chi connectivity index (χ1v) is 6.65. The van der Waals surface area contributed by atoms with E-state index >= 15 is 0 Å². The molecule has 1 unspecified atom stereocenters. The molecule has 2 aromatic rings. The summed E-state index contributed by atoms with van der Waals surface area (Å²) in [4.78, 5) is 4.02. The highest BCUT2D eigenvalue weighted by molar-refractivity contribution is 6.31. The summed E-state index contributed by atoms with van der Waals surface area (Å²) in [6.45, 7) is 0. The molecule has 20 heavy (non-hydrogen) atoms. The molecule has 1 atom stereocenters. The standard InChI is InChI=1S/C15H12ClN3O/c16-15-12(7-4-8-17-15)10-19-13(9-14(20)18-19)11-5-2-1-3-6-11/h1-8,10,13H,9H2. The van der Waals surface area contributed by atoms with Crippen LogP contribution in [-0.2, 0) is 0 Å². The van der Waals surface area contributed by atoms with Gasteiger partial charge in [-0.15, -0.1) is 0 Å². The molecular formula is C15H12ClN3O. The van der Waals surface area contributed by atoms with Crippen molar-refractivity contribution in [2.45, 2.75) is 12.5 Å². The van der Waals surface area contributed by atoms with E-state index in [0.29, 0.717) is 11.6 Å². The summed E-state index contributed by atoms with van der Waals surface area (Å²) in [5.74, 6) is -0.130. The summed E-state index contributed by atoms with van der Waals surface area (Å²) in [6.07, 6.45) is 3.76. The number of benzene rings is 1. The maximum absolute atomic E-state index is 11.6. The second-order valence-electron chi connectivity index (χ2n) is 4.52. The van der Waals surface area contributed by atoms with Crippen LogP contribution in [-0.4, -0.2) is 21.8 Å².